The summed E-state index contributed by atoms with van der Waals surface area (Å²) in [6.45, 7) is 7.38. The minimum absolute atomic E-state index is 0.194. The second-order valence-electron chi connectivity index (χ2n) is 10.2. The number of piperidine rings is 1. The second-order valence-corrected chi connectivity index (χ2v) is 10.2. The number of amides is 1. The molecule has 7 heteroatoms. The molecule has 0 unspecified atom stereocenters. The lowest BCUT2D eigenvalue weighted by Crippen LogP contribution is -2.44. The Morgan fingerprint density at radius 1 is 1.12 bits per heavy atom. The highest BCUT2D eigenvalue weighted by Gasteiger charge is 2.31. The summed E-state index contributed by atoms with van der Waals surface area (Å²) in [7, 11) is 0. The smallest absolute Gasteiger partial charge is 0.404 e. The van der Waals surface area contributed by atoms with Gasteiger partial charge >= 0.3 is 6.09 Å². The first-order valence-corrected chi connectivity index (χ1v) is 12.6. The molecule has 4 rings (SSSR count). The van der Waals surface area contributed by atoms with Crippen LogP contribution < -0.4 is 11.5 Å². The minimum Gasteiger partial charge on any atom is -0.449 e. The maximum atomic E-state index is 14.1. The van der Waals surface area contributed by atoms with Crippen LogP contribution in [0.2, 0.25) is 0 Å². The van der Waals surface area contributed by atoms with Crippen LogP contribution in [-0.2, 0) is 17.7 Å². The van der Waals surface area contributed by atoms with E-state index >= 15 is 0 Å². The molecule has 1 saturated heterocycles. The molecule has 0 atom stereocenters. The van der Waals surface area contributed by atoms with E-state index < -0.39 is 6.09 Å². The van der Waals surface area contributed by atoms with E-state index in [1.165, 1.54) is 31.7 Å². The summed E-state index contributed by atoms with van der Waals surface area (Å²) in [6.07, 6.45) is 7.17. The molecule has 33 heavy (non-hydrogen) atoms. The number of hydrogen-bond donors (Lipinski definition) is 2. The fraction of sp³-hybridized carbons (Fsp3) is 0.654. The number of aromatic nitrogens is 1. The van der Waals surface area contributed by atoms with Crippen LogP contribution in [0.1, 0.15) is 69.7 Å². The Kier molecular flexibility index (Phi) is 7.59. The van der Waals surface area contributed by atoms with Crippen molar-refractivity contribution in [3.63, 3.8) is 0 Å². The molecule has 1 aliphatic heterocycles. The van der Waals surface area contributed by atoms with Gasteiger partial charge in [-0.05, 0) is 74.1 Å². The minimum atomic E-state index is -0.779. The van der Waals surface area contributed by atoms with Gasteiger partial charge in [0, 0.05) is 54.7 Å². The fourth-order valence-electron chi connectivity index (χ4n) is 6.21. The predicted molar refractivity (Wildman–Crippen MR) is 129 cm³/mol. The highest BCUT2D eigenvalue weighted by Crippen LogP contribution is 2.37. The molecule has 2 fully saturated rings. The lowest BCUT2D eigenvalue weighted by atomic mass is 9.79. The molecule has 4 N–H and O–H groups in total. The van der Waals surface area contributed by atoms with Crippen molar-refractivity contribution in [3.8, 4) is 0 Å². The normalized spacial score (nSPS) is 22.8. The van der Waals surface area contributed by atoms with Crippen LogP contribution in [0.25, 0.3) is 10.9 Å². The molecule has 2 aliphatic rings. The van der Waals surface area contributed by atoms with E-state index in [9.17, 15) is 9.18 Å². The van der Waals surface area contributed by atoms with Crippen LogP contribution in [0, 0.1) is 17.7 Å². The monoisotopic (exact) mass is 458 g/mol. The zero-order valence-electron chi connectivity index (χ0n) is 20.1. The van der Waals surface area contributed by atoms with Gasteiger partial charge in [-0.2, -0.15) is 0 Å². The maximum Gasteiger partial charge on any atom is 0.404 e. The van der Waals surface area contributed by atoms with E-state index in [2.05, 4.69) is 23.3 Å². The third kappa shape index (κ3) is 5.19. The van der Waals surface area contributed by atoms with Gasteiger partial charge in [0.1, 0.15) is 5.82 Å². The number of halogens is 1. The van der Waals surface area contributed by atoms with Crippen LogP contribution in [-0.4, -0.2) is 41.3 Å². The summed E-state index contributed by atoms with van der Waals surface area (Å²) in [5.41, 5.74) is 14.3. The zero-order chi connectivity index (χ0) is 23.5. The van der Waals surface area contributed by atoms with Gasteiger partial charge in [0.25, 0.3) is 0 Å². The zero-order valence-corrected chi connectivity index (χ0v) is 20.1. The third-order valence-corrected chi connectivity index (χ3v) is 8.03. The molecular formula is C26H39FN4O2. The molecule has 0 radical (unpaired) electrons. The van der Waals surface area contributed by atoms with Gasteiger partial charge in [0.05, 0.1) is 6.61 Å². The standard InChI is InChI=1S/C26H39FN4O2/c1-17(2)18-3-6-20(7-4-18)30-12-9-21(10-13-30)31-24-8-5-19(27)15-22(24)23(16-28)25(31)11-14-33-26(29)32/h5,8,15,17-18,20-21H,3-4,6-7,9-14,16,28H2,1-2H3,(H2,29,32). The summed E-state index contributed by atoms with van der Waals surface area (Å²) in [6, 6.07) is 5.99. The SMILES string of the molecule is CC(C)C1CCC(N2CCC(n3c(CCOC(N)=O)c(CN)c4cc(F)ccc43)CC2)CC1. The van der Waals surface area contributed by atoms with Gasteiger partial charge < -0.3 is 25.7 Å². The van der Waals surface area contributed by atoms with Gasteiger partial charge in [-0.25, -0.2) is 9.18 Å². The van der Waals surface area contributed by atoms with Crippen molar-refractivity contribution in [1.82, 2.24) is 9.47 Å². The number of primary amides is 1. The number of hydrogen-bond acceptors (Lipinski definition) is 4. The summed E-state index contributed by atoms with van der Waals surface area (Å²) >= 11 is 0. The maximum absolute atomic E-state index is 14.1. The summed E-state index contributed by atoms with van der Waals surface area (Å²) in [5, 5.41) is 0.862. The summed E-state index contributed by atoms with van der Waals surface area (Å²) in [4.78, 5) is 13.8. The quantitative estimate of drug-likeness (QED) is 0.628. The van der Waals surface area contributed by atoms with E-state index in [-0.39, 0.29) is 12.4 Å². The van der Waals surface area contributed by atoms with Gasteiger partial charge in [-0.1, -0.05) is 13.8 Å². The molecule has 2 aromatic rings. The number of fused-ring (bicyclic) bond motifs is 1. The molecule has 0 bridgehead atoms. The highest BCUT2D eigenvalue weighted by atomic mass is 19.1. The molecule has 1 aliphatic carbocycles. The molecule has 1 saturated carbocycles. The Labute approximate surface area is 196 Å². The first kappa shape index (κ1) is 24.0. The molecule has 1 aromatic carbocycles. The lowest BCUT2D eigenvalue weighted by Gasteiger charge is -2.42. The van der Waals surface area contributed by atoms with Crippen LogP contribution in [0.4, 0.5) is 9.18 Å². The Hall–Kier alpha value is -2.12. The lowest BCUT2D eigenvalue weighted by molar-refractivity contribution is 0.0887. The fourth-order valence-corrected chi connectivity index (χ4v) is 6.21. The number of carbonyl (C=O) groups excluding carboxylic acids is 1. The number of carbonyl (C=O) groups is 1. The Balaban J connectivity index is 1.52. The van der Waals surface area contributed by atoms with Crippen LogP contribution in [0.15, 0.2) is 18.2 Å². The van der Waals surface area contributed by atoms with Gasteiger partial charge in [-0.3, -0.25) is 0 Å². The average Bonchev–Trinajstić information content (AvgIpc) is 3.11. The largest absolute Gasteiger partial charge is 0.449 e. The van der Waals surface area contributed by atoms with Gasteiger partial charge in [0.15, 0.2) is 0 Å². The van der Waals surface area contributed by atoms with E-state index in [0.717, 1.165) is 59.9 Å². The predicted octanol–water partition coefficient (Wildman–Crippen LogP) is 4.73. The van der Waals surface area contributed by atoms with Crippen molar-refractivity contribution in [2.75, 3.05) is 19.7 Å². The molecule has 182 valence electrons. The number of ether oxygens (including phenoxy) is 1. The first-order chi connectivity index (χ1) is 15.9. The number of likely N-dealkylation sites (tertiary alicyclic amines) is 1. The van der Waals surface area contributed by atoms with Crippen LogP contribution >= 0.6 is 0 Å². The van der Waals surface area contributed by atoms with E-state index in [1.54, 1.807) is 6.07 Å². The average molecular weight is 459 g/mol. The van der Waals surface area contributed by atoms with Crippen molar-refractivity contribution < 1.29 is 13.9 Å². The van der Waals surface area contributed by atoms with Crippen LogP contribution in [0.5, 0.6) is 0 Å². The second kappa shape index (κ2) is 10.4. The van der Waals surface area contributed by atoms with Crippen molar-refractivity contribution in [3.05, 3.63) is 35.3 Å². The molecule has 1 amide bonds. The molecule has 1 aromatic heterocycles. The first-order valence-electron chi connectivity index (χ1n) is 12.6. The molecule has 6 nitrogen and oxygen atoms in total. The number of nitrogens with zero attached hydrogens (tertiary/aromatic N) is 2. The van der Waals surface area contributed by atoms with Crippen molar-refractivity contribution in [2.24, 2.45) is 23.3 Å². The highest BCUT2D eigenvalue weighted by molar-refractivity contribution is 5.86. The van der Waals surface area contributed by atoms with Gasteiger partial charge in [-0.15, -0.1) is 0 Å². The Morgan fingerprint density at radius 2 is 1.82 bits per heavy atom. The van der Waals surface area contributed by atoms with E-state index in [4.69, 9.17) is 16.2 Å². The summed E-state index contributed by atoms with van der Waals surface area (Å²) in [5.74, 6) is 1.41. The topological polar surface area (TPSA) is 86.5 Å². The van der Waals surface area contributed by atoms with E-state index in [1.807, 2.05) is 6.07 Å². The Morgan fingerprint density at radius 3 is 2.42 bits per heavy atom. The molecular weight excluding hydrogens is 419 g/mol. The van der Waals surface area contributed by atoms with Crippen molar-refractivity contribution >= 4 is 17.0 Å². The van der Waals surface area contributed by atoms with E-state index in [0.29, 0.717) is 25.0 Å². The van der Waals surface area contributed by atoms with Crippen LogP contribution in [0.3, 0.4) is 0 Å². The Bertz CT molecular complexity index is 957. The number of benzene rings is 1. The summed E-state index contributed by atoms with van der Waals surface area (Å²) < 4.78 is 21.5. The number of nitrogens with two attached hydrogens (primary N) is 2. The third-order valence-electron chi connectivity index (χ3n) is 8.03. The molecule has 2 heterocycles. The molecule has 0 spiro atoms. The van der Waals surface area contributed by atoms with Crippen molar-refractivity contribution in [2.45, 2.75) is 77.4 Å². The number of rotatable bonds is 7. The van der Waals surface area contributed by atoms with Gasteiger partial charge in [0.2, 0.25) is 0 Å². The van der Waals surface area contributed by atoms with Crippen molar-refractivity contribution in [1.29, 1.82) is 0 Å².